The van der Waals surface area contributed by atoms with Gasteiger partial charge in [-0.2, -0.15) is 4.57 Å². The summed E-state index contributed by atoms with van der Waals surface area (Å²) in [5, 5.41) is 7.09. The minimum Gasteiger partial charge on any atom is -0.455 e. The van der Waals surface area contributed by atoms with E-state index in [1.165, 1.54) is 26.4 Å². The second kappa shape index (κ2) is 5.96. The molecule has 0 aliphatic rings. The Labute approximate surface area is 181 Å². The van der Waals surface area contributed by atoms with E-state index >= 15 is 0 Å². The Kier molecular flexibility index (Phi) is 3.29. The molecule has 0 spiro atoms. The van der Waals surface area contributed by atoms with Gasteiger partial charge in [0.15, 0.2) is 10.3 Å². The highest BCUT2D eigenvalue weighted by molar-refractivity contribution is 7.22. The molecule has 0 unspecified atom stereocenters. The maximum atomic E-state index is 6.37. The molecule has 0 aliphatic heterocycles. The van der Waals surface area contributed by atoms with Crippen LogP contribution in [-0.2, 0) is 7.05 Å². The van der Waals surface area contributed by atoms with Crippen molar-refractivity contribution in [1.29, 1.82) is 0 Å². The van der Waals surface area contributed by atoms with Crippen LogP contribution in [0.4, 0.5) is 0 Å². The lowest BCUT2D eigenvalue weighted by atomic mass is 10.0. The number of hydrogen-bond acceptors (Lipinski definition) is 3. The van der Waals surface area contributed by atoms with Gasteiger partial charge >= 0.3 is 5.71 Å². The van der Waals surface area contributed by atoms with Crippen molar-refractivity contribution in [2.75, 3.05) is 0 Å². The molecular formula is C27H18NO2S+. The summed E-state index contributed by atoms with van der Waals surface area (Å²) < 4.78 is 16.1. The zero-order chi connectivity index (χ0) is 20.7. The maximum absolute atomic E-state index is 6.37. The van der Waals surface area contributed by atoms with Gasteiger partial charge < -0.3 is 8.83 Å². The summed E-state index contributed by atoms with van der Waals surface area (Å²) in [6, 6.07) is 25.3. The Hall–Kier alpha value is -3.63. The summed E-state index contributed by atoms with van der Waals surface area (Å²) in [6.45, 7) is 2.15. The van der Waals surface area contributed by atoms with Crippen LogP contribution in [0.2, 0.25) is 0 Å². The number of hydrogen-bond donors (Lipinski definition) is 0. The molecule has 4 aromatic carbocycles. The summed E-state index contributed by atoms with van der Waals surface area (Å²) >= 11 is 1.78. The lowest BCUT2D eigenvalue weighted by Crippen LogP contribution is -2.28. The van der Waals surface area contributed by atoms with E-state index in [2.05, 4.69) is 79.2 Å². The van der Waals surface area contributed by atoms with Gasteiger partial charge in [0.1, 0.15) is 23.8 Å². The summed E-state index contributed by atoms with van der Waals surface area (Å²) in [7, 11) is 2.08. The minimum absolute atomic E-state index is 0.902. The molecule has 4 heteroatoms. The number of para-hydroxylation sites is 1. The van der Waals surface area contributed by atoms with Gasteiger partial charge in [-0.3, -0.25) is 0 Å². The van der Waals surface area contributed by atoms with E-state index in [9.17, 15) is 0 Å². The van der Waals surface area contributed by atoms with Gasteiger partial charge in [-0.15, -0.1) is 0 Å². The predicted octanol–water partition coefficient (Wildman–Crippen LogP) is 7.50. The standard InChI is InChI=1S/C27H18NO2S/c1-15-11-13-19-18-9-5-6-10-20(18)29-24(19)22(15)27-28(2)26-25(31-27)23-17-8-4-3-7-16(17)12-14-21(23)30-26/h3-14H,1-2H3/q+1. The second-order valence-corrected chi connectivity index (χ2v) is 9.09. The number of benzene rings is 4. The lowest BCUT2D eigenvalue weighted by Gasteiger charge is -2.02. The van der Waals surface area contributed by atoms with E-state index in [0.29, 0.717) is 0 Å². The largest absolute Gasteiger partial charge is 0.455 e. The fraction of sp³-hybridized carbons (Fsp3) is 0.0741. The van der Waals surface area contributed by atoms with E-state index in [0.717, 1.165) is 43.8 Å². The van der Waals surface area contributed by atoms with E-state index in [-0.39, 0.29) is 0 Å². The summed E-state index contributed by atoms with van der Waals surface area (Å²) in [5.74, 6) is 0. The van der Waals surface area contributed by atoms with Crippen molar-refractivity contribution >= 4 is 65.4 Å². The molecule has 0 amide bonds. The first-order valence-electron chi connectivity index (χ1n) is 10.3. The fourth-order valence-corrected chi connectivity index (χ4v) is 6.12. The molecule has 0 radical (unpaired) electrons. The van der Waals surface area contributed by atoms with Crippen LogP contribution in [-0.4, -0.2) is 0 Å². The molecular weight excluding hydrogens is 402 g/mol. The smallest absolute Gasteiger partial charge is 0.393 e. The third kappa shape index (κ3) is 2.20. The third-order valence-corrected chi connectivity index (χ3v) is 7.55. The summed E-state index contributed by atoms with van der Waals surface area (Å²) in [6.07, 6.45) is 0. The highest BCUT2D eigenvalue weighted by atomic mass is 32.1. The Balaban J connectivity index is 1.62. The normalized spacial score (nSPS) is 12.2. The second-order valence-electron chi connectivity index (χ2n) is 8.09. The number of furan rings is 2. The van der Waals surface area contributed by atoms with Crippen molar-refractivity contribution < 1.29 is 13.4 Å². The zero-order valence-corrected chi connectivity index (χ0v) is 17.9. The number of rotatable bonds is 1. The first-order valence-corrected chi connectivity index (χ1v) is 11.2. The van der Waals surface area contributed by atoms with E-state index < -0.39 is 0 Å². The highest BCUT2D eigenvalue weighted by Crippen LogP contribution is 2.43. The Morgan fingerprint density at radius 3 is 2.45 bits per heavy atom. The first-order chi connectivity index (χ1) is 15.2. The van der Waals surface area contributed by atoms with E-state index in [1.807, 2.05) is 12.1 Å². The molecule has 3 aromatic heterocycles. The highest BCUT2D eigenvalue weighted by Gasteiger charge is 2.29. The average molecular weight is 421 g/mol. The third-order valence-electron chi connectivity index (χ3n) is 6.30. The molecule has 0 fully saturated rings. The molecule has 7 rings (SSSR count). The van der Waals surface area contributed by atoms with Gasteiger partial charge in [-0.1, -0.05) is 72.0 Å². The van der Waals surface area contributed by atoms with Crippen molar-refractivity contribution in [3.8, 4) is 10.6 Å². The monoisotopic (exact) mass is 420 g/mol. The van der Waals surface area contributed by atoms with Gasteiger partial charge in [0.2, 0.25) is 0 Å². The van der Waals surface area contributed by atoms with Crippen molar-refractivity contribution in [2.24, 2.45) is 7.05 Å². The zero-order valence-electron chi connectivity index (χ0n) is 17.1. The number of nitrogens with zero attached hydrogens (tertiary/aromatic N) is 1. The maximum Gasteiger partial charge on any atom is 0.393 e. The van der Waals surface area contributed by atoms with Gasteiger partial charge in [-0.05, 0) is 35.4 Å². The average Bonchev–Trinajstić information content (AvgIpc) is 3.44. The Bertz CT molecular complexity index is 1820. The predicted molar refractivity (Wildman–Crippen MR) is 128 cm³/mol. The van der Waals surface area contributed by atoms with Crippen LogP contribution < -0.4 is 4.57 Å². The topological polar surface area (TPSA) is 30.2 Å². The van der Waals surface area contributed by atoms with Gasteiger partial charge in [0, 0.05) is 10.8 Å². The van der Waals surface area contributed by atoms with Crippen molar-refractivity contribution in [3.63, 3.8) is 0 Å². The Morgan fingerprint density at radius 2 is 1.55 bits per heavy atom. The number of thiazole rings is 1. The van der Waals surface area contributed by atoms with Crippen molar-refractivity contribution in [2.45, 2.75) is 6.92 Å². The molecule has 3 heterocycles. The van der Waals surface area contributed by atoms with Gasteiger partial charge in [0.25, 0.3) is 5.01 Å². The number of fused-ring (bicyclic) bond motifs is 8. The molecule has 0 saturated carbocycles. The van der Waals surface area contributed by atoms with E-state index in [1.54, 1.807) is 11.3 Å². The van der Waals surface area contributed by atoms with Crippen LogP contribution >= 0.6 is 11.3 Å². The van der Waals surface area contributed by atoms with Crippen LogP contribution in [0.25, 0.3) is 64.7 Å². The lowest BCUT2D eigenvalue weighted by molar-refractivity contribution is -0.636. The fourth-order valence-electron chi connectivity index (χ4n) is 4.77. The van der Waals surface area contributed by atoms with Crippen LogP contribution in [0.5, 0.6) is 0 Å². The summed E-state index contributed by atoms with van der Waals surface area (Å²) in [4.78, 5) is 0. The molecule has 0 saturated heterocycles. The van der Waals surface area contributed by atoms with Gasteiger partial charge in [-0.25, -0.2) is 0 Å². The number of aromatic nitrogens is 1. The van der Waals surface area contributed by atoms with Crippen LogP contribution in [0.3, 0.4) is 0 Å². The molecule has 7 aromatic rings. The van der Waals surface area contributed by atoms with Crippen molar-refractivity contribution in [1.82, 2.24) is 0 Å². The van der Waals surface area contributed by atoms with Crippen LogP contribution in [0.15, 0.2) is 81.6 Å². The summed E-state index contributed by atoms with van der Waals surface area (Å²) in [5.41, 5.74) is 6.03. The quantitative estimate of drug-likeness (QED) is 0.257. The number of aryl methyl sites for hydroxylation is 2. The molecule has 0 atom stereocenters. The molecule has 3 nitrogen and oxygen atoms in total. The molecule has 148 valence electrons. The van der Waals surface area contributed by atoms with Crippen LogP contribution in [0, 0.1) is 6.92 Å². The molecule has 0 aliphatic carbocycles. The molecule has 0 bridgehead atoms. The van der Waals surface area contributed by atoms with Crippen molar-refractivity contribution in [3.05, 3.63) is 78.4 Å². The Morgan fingerprint density at radius 1 is 0.742 bits per heavy atom. The van der Waals surface area contributed by atoms with Gasteiger partial charge in [0.05, 0.1) is 5.39 Å². The molecule has 31 heavy (non-hydrogen) atoms. The SMILES string of the molecule is Cc1ccc2c(oc3ccccc32)c1-c1sc2c3c(ccc4ccccc43)oc2[n+]1C. The van der Waals surface area contributed by atoms with Crippen LogP contribution in [0.1, 0.15) is 5.56 Å². The first kappa shape index (κ1) is 17.1. The van der Waals surface area contributed by atoms with E-state index in [4.69, 9.17) is 8.83 Å². The minimum atomic E-state index is 0.902. The molecule has 0 N–H and O–H groups in total.